The van der Waals surface area contributed by atoms with Crippen LogP contribution in [0.25, 0.3) is 6.08 Å². The van der Waals surface area contributed by atoms with E-state index >= 15 is 0 Å². The van der Waals surface area contributed by atoms with Crippen LogP contribution in [0.5, 0.6) is 0 Å². The number of halogens is 1. The van der Waals surface area contributed by atoms with Crippen molar-refractivity contribution in [2.24, 2.45) is 17.1 Å². The number of nitrogens with zero attached hydrogens (tertiary/aromatic N) is 2. The minimum atomic E-state index is -0.448. The Bertz CT molecular complexity index is 1160. The minimum Gasteiger partial charge on any atom is -0.369 e. The topological polar surface area (TPSA) is 114 Å². The van der Waals surface area contributed by atoms with Crippen LogP contribution in [0.2, 0.25) is 0 Å². The van der Waals surface area contributed by atoms with E-state index in [0.29, 0.717) is 12.1 Å². The van der Waals surface area contributed by atoms with E-state index in [1.54, 1.807) is 6.20 Å². The Hall–Kier alpha value is -2.74. The first-order valence-electron chi connectivity index (χ1n) is 10.9. The van der Waals surface area contributed by atoms with Gasteiger partial charge < -0.3 is 11.1 Å². The Morgan fingerprint density at radius 1 is 1.31 bits per heavy atom. The van der Waals surface area contributed by atoms with Crippen molar-refractivity contribution in [2.75, 3.05) is 5.32 Å². The summed E-state index contributed by atoms with van der Waals surface area (Å²) < 4.78 is 0.902. The minimum absolute atomic E-state index is 0.116. The highest BCUT2D eigenvalue weighted by Gasteiger charge is 2.45. The monoisotopic (exact) mass is 495 g/mol. The van der Waals surface area contributed by atoms with E-state index in [-0.39, 0.29) is 28.9 Å². The summed E-state index contributed by atoms with van der Waals surface area (Å²) in [6.45, 7) is 4.22. The quantitative estimate of drug-likeness (QED) is 0.568. The Morgan fingerprint density at radius 2 is 2.09 bits per heavy atom. The fourth-order valence-electron chi connectivity index (χ4n) is 5.01. The normalized spacial score (nSPS) is 23.0. The fourth-order valence-corrected chi connectivity index (χ4v) is 5.24. The first kappa shape index (κ1) is 21.1. The number of nitrogens with two attached hydrogens (primary N) is 1. The molecule has 0 aromatic carbocycles. The number of anilines is 1. The van der Waals surface area contributed by atoms with Gasteiger partial charge in [0.15, 0.2) is 5.78 Å². The van der Waals surface area contributed by atoms with Gasteiger partial charge in [-0.25, -0.2) is 0 Å². The first-order chi connectivity index (χ1) is 15.2. The molecule has 2 aromatic heterocycles. The third-order valence-corrected chi connectivity index (χ3v) is 7.02. The summed E-state index contributed by atoms with van der Waals surface area (Å²) in [7, 11) is 0. The van der Waals surface area contributed by atoms with Gasteiger partial charge in [0, 0.05) is 39.8 Å². The molecule has 3 aliphatic rings. The molecule has 5 rings (SSSR count). The van der Waals surface area contributed by atoms with Crippen LogP contribution >= 0.6 is 15.9 Å². The summed E-state index contributed by atoms with van der Waals surface area (Å²) in [5.41, 5.74) is 9.66. The van der Waals surface area contributed by atoms with Crippen molar-refractivity contribution in [3.63, 3.8) is 0 Å². The van der Waals surface area contributed by atoms with E-state index in [0.717, 1.165) is 52.1 Å². The number of allylic oxidation sites excluding steroid dienone is 3. The molecule has 32 heavy (non-hydrogen) atoms. The van der Waals surface area contributed by atoms with Gasteiger partial charge in [0.05, 0.1) is 17.3 Å². The lowest BCUT2D eigenvalue weighted by molar-refractivity contribution is -0.120. The number of aromatic nitrogens is 3. The number of H-pyrrole nitrogens is 1. The number of carbonyl (C=O) groups excluding carboxylic acids is 2. The van der Waals surface area contributed by atoms with Gasteiger partial charge in [-0.05, 0) is 64.7 Å². The highest BCUT2D eigenvalue weighted by molar-refractivity contribution is 9.10. The second-order valence-electron chi connectivity index (χ2n) is 9.81. The molecule has 2 atom stereocenters. The number of carbonyl (C=O) groups is 2. The van der Waals surface area contributed by atoms with Gasteiger partial charge in [-0.1, -0.05) is 19.9 Å². The maximum atomic E-state index is 13.3. The van der Waals surface area contributed by atoms with Crippen LogP contribution < -0.4 is 11.1 Å². The summed E-state index contributed by atoms with van der Waals surface area (Å²) in [5.74, 6) is -0.0407. The maximum Gasteiger partial charge on any atom is 0.226 e. The molecule has 0 bridgehead atoms. The molecule has 8 heteroatoms. The van der Waals surface area contributed by atoms with Gasteiger partial charge in [0.1, 0.15) is 5.82 Å². The Labute approximate surface area is 195 Å². The largest absolute Gasteiger partial charge is 0.369 e. The number of rotatable bonds is 5. The number of amides is 1. The van der Waals surface area contributed by atoms with Gasteiger partial charge >= 0.3 is 0 Å². The van der Waals surface area contributed by atoms with Crippen LogP contribution in [0.15, 0.2) is 40.1 Å². The average molecular weight is 496 g/mol. The van der Waals surface area contributed by atoms with E-state index < -0.39 is 5.92 Å². The molecule has 2 aliphatic carbocycles. The summed E-state index contributed by atoms with van der Waals surface area (Å²) in [5, 5.41) is 11.0. The fraction of sp³-hybridized carbons (Fsp3) is 0.417. The lowest BCUT2D eigenvalue weighted by atomic mass is 9.70. The number of aromatic amines is 1. The van der Waals surface area contributed by atoms with Crippen molar-refractivity contribution >= 4 is 39.5 Å². The molecule has 4 N–H and O–H groups in total. The Balaban J connectivity index is 1.63. The number of nitrogens with one attached hydrogen (secondary N) is 2. The van der Waals surface area contributed by atoms with Crippen molar-refractivity contribution in [3.8, 4) is 0 Å². The number of primary amides is 1. The van der Waals surface area contributed by atoms with Crippen LogP contribution in [0, 0.1) is 11.3 Å². The van der Waals surface area contributed by atoms with Crippen molar-refractivity contribution in [3.05, 3.63) is 57.1 Å². The average Bonchev–Trinajstić information content (AvgIpc) is 3.45. The summed E-state index contributed by atoms with van der Waals surface area (Å²) >= 11 is 3.41. The summed E-state index contributed by atoms with van der Waals surface area (Å²) in [4.78, 5) is 30.1. The highest BCUT2D eigenvalue weighted by Crippen LogP contribution is 2.51. The predicted octanol–water partition coefficient (Wildman–Crippen LogP) is 4.41. The number of pyridine rings is 1. The lowest BCUT2D eigenvalue weighted by Crippen LogP contribution is -2.33. The number of fused-ring (bicyclic) bond motifs is 1. The predicted molar refractivity (Wildman–Crippen MR) is 126 cm³/mol. The lowest BCUT2D eigenvalue weighted by Gasteiger charge is -2.37. The second-order valence-corrected chi connectivity index (χ2v) is 10.7. The molecule has 3 heterocycles. The van der Waals surface area contributed by atoms with Crippen LogP contribution in [-0.4, -0.2) is 26.9 Å². The molecule has 0 saturated heterocycles. The SMILES string of the molecule is CC1(C)CC(=O)C2=C(C1)Nc1[nH]nc(C(C(N)=O)C3CC3)c1C2/C=C/c1ccc(Br)cn1. The number of hydrogen-bond acceptors (Lipinski definition) is 5. The molecular formula is C24H26BrN5O2. The van der Waals surface area contributed by atoms with Crippen molar-refractivity contribution in [1.82, 2.24) is 15.2 Å². The zero-order valence-electron chi connectivity index (χ0n) is 18.1. The molecule has 7 nitrogen and oxygen atoms in total. The van der Waals surface area contributed by atoms with Gasteiger partial charge in [0.2, 0.25) is 5.91 Å². The Morgan fingerprint density at radius 3 is 2.75 bits per heavy atom. The molecule has 1 aliphatic heterocycles. The Kier molecular flexibility index (Phi) is 5.08. The van der Waals surface area contributed by atoms with E-state index in [9.17, 15) is 9.59 Å². The third-order valence-electron chi connectivity index (χ3n) is 6.56. The molecule has 0 spiro atoms. The van der Waals surface area contributed by atoms with E-state index in [1.807, 2.05) is 24.3 Å². The smallest absolute Gasteiger partial charge is 0.226 e. The maximum absolute atomic E-state index is 13.3. The van der Waals surface area contributed by atoms with Gasteiger partial charge in [-0.3, -0.25) is 19.7 Å². The zero-order valence-corrected chi connectivity index (χ0v) is 19.7. The first-order valence-corrected chi connectivity index (χ1v) is 11.7. The van der Waals surface area contributed by atoms with Crippen LogP contribution in [0.3, 0.4) is 0 Å². The van der Waals surface area contributed by atoms with Crippen molar-refractivity contribution in [2.45, 2.75) is 51.4 Å². The molecule has 1 amide bonds. The van der Waals surface area contributed by atoms with Crippen molar-refractivity contribution < 1.29 is 9.59 Å². The molecule has 0 radical (unpaired) electrons. The summed E-state index contributed by atoms with van der Waals surface area (Å²) in [6.07, 6.45) is 8.86. The van der Waals surface area contributed by atoms with E-state index in [2.05, 4.69) is 50.3 Å². The molecular weight excluding hydrogens is 470 g/mol. The van der Waals surface area contributed by atoms with Crippen LogP contribution in [0.4, 0.5) is 5.82 Å². The van der Waals surface area contributed by atoms with Gasteiger partial charge in [-0.2, -0.15) is 5.10 Å². The number of ketones is 1. The highest BCUT2D eigenvalue weighted by atomic mass is 79.9. The number of hydrogen-bond donors (Lipinski definition) is 3. The molecule has 2 unspecified atom stereocenters. The second kappa shape index (κ2) is 7.69. The standard InChI is InChI=1S/C24H26BrN5O2/c1-24(2)9-16-19(17(31)10-24)15(8-7-14-6-5-13(25)11-27-14)20-21(29-30-23(20)28-16)18(22(26)32)12-3-4-12/h5-8,11-12,15,18H,3-4,9-10H2,1-2H3,(H2,26,32)(H2,28,29,30)/b8-7+. The third kappa shape index (κ3) is 3.81. The molecule has 1 fully saturated rings. The van der Waals surface area contributed by atoms with Gasteiger partial charge in [-0.15, -0.1) is 0 Å². The number of Topliss-reactive ketones (excluding diaryl/α,β-unsaturated/α-hetero) is 1. The van der Waals surface area contributed by atoms with Crippen molar-refractivity contribution in [1.29, 1.82) is 0 Å². The molecule has 166 valence electrons. The summed E-state index contributed by atoms with van der Waals surface area (Å²) in [6, 6.07) is 3.84. The van der Waals surface area contributed by atoms with E-state index in [4.69, 9.17) is 5.73 Å². The van der Waals surface area contributed by atoms with E-state index in [1.165, 1.54) is 0 Å². The molecule has 2 aromatic rings. The molecule has 1 saturated carbocycles. The van der Waals surface area contributed by atoms with Gasteiger partial charge in [0.25, 0.3) is 0 Å². The van der Waals surface area contributed by atoms with Crippen LogP contribution in [0.1, 0.15) is 68.3 Å². The van der Waals surface area contributed by atoms with Crippen LogP contribution in [-0.2, 0) is 9.59 Å². The zero-order chi connectivity index (χ0) is 22.6.